The second-order valence-corrected chi connectivity index (χ2v) is 12.6. The number of nitrogens with zero attached hydrogens (tertiary/aromatic N) is 2. The van der Waals surface area contributed by atoms with Crippen molar-refractivity contribution in [2.24, 2.45) is 5.92 Å². The van der Waals surface area contributed by atoms with E-state index in [2.05, 4.69) is 42.5 Å². The summed E-state index contributed by atoms with van der Waals surface area (Å²) in [6.45, 7) is 5.80. The number of hydrogen-bond donors (Lipinski definition) is 0. The monoisotopic (exact) mass is 562 g/mol. The number of benzene rings is 4. The highest BCUT2D eigenvalue weighted by Gasteiger charge is 2.32. The summed E-state index contributed by atoms with van der Waals surface area (Å²) in [6, 6.07) is 29.1. The van der Waals surface area contributed by atoms with Crippen LogP contribution in [0.3, 0.4) is 0 Å². The van der Waals surface area contributed by atoms with Gasteiger partial charge in [0, 0.05) is 18.7 Å². The maximum absolute atomic E-state index is 14.0. The van der Waals surface area contributed by atoms with Gasteiger partial charge in [-0.3, -0.25) is 9.59 Å². The van der Waals surface area contributed by atoms with Gasteiger partial charge in [-0.25, -0.2) is 4.21 Å². The zero-order chi connectivity index (χ0) is 28.5. The minimum Gasteiger partial charge on any atom is -0.339 e. The lowest BCUT2D eigenvalue weighted by molar-refractivity contribution is 0.0690. The molecule has 1 saturated heterocycles. The predicted molar refractivity (Wildman–Crippen MR) is 163 cm³/mol. The number of fused-ring (bicyclic) bond motifs is 2. The van der Waals surface area contributed by atoms with Crippen molar-refractivity contribution in [2.45, 2.75) is 49.4 Å². The molecule has 208 valence electrons. The van der Waals surface area contributed by atoms with E-state index in [0.29, 0.717) is 52.2 Å². The van der Waals surface area contributed by atoms with Crippen molar-refractivity contribution in [3.63, 3.8) is 0 Å². The van der Waals surface area contributed by atoms with E-state index in [-0.39, 0.29) is 11.8 Å². The first kappa shape index (κ1) is 27.2. The molecule has 0 aromatic heterocycles. The minimum atomic E-state index is -1.55. The van der Waals surface area contributed by atoms with E-state index < -0.39 is 10.8 Å². The number of anilines is 1. The molecule has 0 bridgehead atoms. The van der Waals surface area contributed by atoms with Crippen molar-refractivity contribution >= 4 is 28.3 Å². The number of amides is 2. The van der Waals surface area contributed by atoms with Crippen molar-refractivity contribution in [2.75, 3.05) is 18.0 Å². The van der Waals surface area contributed by atoms with Crippen molar-refractivity contribution in [3.05, 3.63) is 124 Å². The van der Waals surface area contributed by atoms with Crippen LogP contribution in [-0.4, -0.2) is 34.0 Å². The van der Waals surface area contributed by atoms with E-state index in [9.17, 15) is 13.8 Å². The normalized spacial score (nSPS) is 17.1. The molecule has 4 aromatic carbocycles. The lowest BCUT2D eigenvalue weighted by Crippen LogP contribution is -2.39. The van der Waals surface area contributed by atoms with Gasteiger partial charge < -0.3 is 9.80 Å². The van der Waals surface area contributed by atoms with Crippen molar-refractivity contribution in [3.8, 4) is 0 Å². The lowest BCUT2D eigenvalue weighted by atomic mass is 9.90. The van der Waals surface area contributed by atoms with Crippen LogP contribution < -0.4 is 4.90 Å². The Morgan fingerprint density at radius 3 is 2.37 bits per heavy atom. The van der Waals surface area contributed by atoms with Crippen molar-refractivity contribution in [1.29, 1.82) is 0 Å². The molecule has 41 heavy (non-hydrogen) atoms. The molecule has 0 unspecified atom stereocenters. The molecular weight excluding hydrogens is 528 g/mol. The smallest absolute Gasteiger partial charge is 0.259 e. The fraction of sp³-hybridized carbons (Fsp3) is 0.257. The summed E-state index contributed by atoms with van der Waals surface area (Å²) < 4.78 is 13.8. The number of aryl methyl sites for hydroxylation is 2. The molecule has 0 spiro atoms. The average Bonchev–Trinajstić information content (AvgIpc) is 3.08. The molecule has 6 heteroatoms. The molecule has 0 aliphatic carbocycles. The molecule has 1 fully saturated rings. The van der Waals surface area contributed by atoms with Gasteiger partial charge >= 0.3 is 0 Å². The van der Waals surface area contributed by atoms with Crippen LogP contribution in [0.1, 0.15) is 55.8 Å². The fourth-order valence-corrected chi connectivity index (χ4v) is 7.31. The highest BCUT2D eigenvalue weighted by molar-refractivity contribution is 7.85. The molecular formula is C35H34N2O3S. The van der Waals surface area contributed by atoms with E-state index in [1.165, 1.54) is 5.56 Å². The van der Waals surface area contributed by atoms with Gasteiger partial charge in [-0.2, -0.15) is 0 Å². The highest BCUT2D eigenvalue weighted by Crippen LogP contribution is 2.37. The maximum atomic E-state index is 14.0. The Hall–Kier alpha value is -4.03. The Bertz CT molecular complexity index is 1640. The quantitative estimate of drug-likeness (QED) is 0.271. The summed E-state index contributed by atoms with van der Waals surface area (Å²) in [5.74, 6) is 0.303. The molecule has 2 heterocycles. The zero-order valence-corrected chi connectivity index (χ0v) is 24.3. The number of piperidine rings is 1. The first-order valence-electron chi connectivity index (χ1n) is 14.2. The third kappa shape index (κ3) is 5.49. The molecule has 2 amide bonds. The Labute approximate surface area is 244 Å². The van der Waals surface area contributed by atoms with E-state index in [1.54, 1.807) is 41.3 Å². The SMILES string of the molecule is Cc1ccc(C)c(CN2C(=O)c3ccccc3[S@](=O)c3ccc(C(=O)N4CCC(Cc5ccccc5)CC4)cc32)c1. The molecule has 6 rings (SSSR count). The van der Waals surface area contributed by atoms with Gasteiger partial charge in [0.1, 0.15) is 0 Å². The Balaban J connectivity index is 1.31. The van der Waals surface area contributed by atoms with Crippen LogP contribution in [0.25, 0.3) is 0 Å². The topological polar surface area (TPSA) is 57.7 Å². The second-order valence-electron chi connectivity index (χ2n) is 11.2. The molecule has 1 atom stereocenters. The van der Waals surface area contributed by atoms with Crippen LogP contribution in [0.15, 0.2) is 101 Å². The second kappa shape index (κ2) is 11.5. The standard InChI is InChI=1S/C35H34N2O3S/c1-24-12-13-25(2)29(20-24)23-37-31-22-28(14-15-33(31)41(40)32-11-7-6-10-30(32)35(37)39)34(38)36-18-16-27(17-19-36)21-26-8-4-3-5-9-26/h3-15,20,22,27H,16-19,21,23H2,1-2H3/t41-/m0/s1. The van der Waals surface area contributed by atoms with Crippen LogP contribution in [-0.2, 0) is 23.8 Å². The largest absolute Gasteiger partial charge is 0.339 e. The summed E-state index contributed by atoms with van der Waals surface area (Å²) in [5, 5.41) is 0. The Kier molecular flexibility index (Phi) is 7.59. The Morgan fingerprint density at radius 2 is 1.59 bits per heavy atom. The summed E-state index contributed by atoms with van der Waals surface area (Å²) >= 11 is 0. The minimum absolute atomic E-state index is 0.0439. The maximum Gasteiger partial charge on any atom is 0.259 e. The molecule has 4 aromatic rings. The van der Waals surface area contributed by atoms with Gasteiger partial charge in [0.15, 0.2) is 0 Å². The zero-order valence-electron chi connectivity index (χ0n) is 23.5. The average molecular weight is 563 g/mol. The summed E-state index contributed by atoms with van der Waals surface area (Å²) in [7, 11) is -1.55. The van der Waals surface area contributed by atoms with Crippen molar-refractivity contribution in [1.82, 2.24) is 4.90 Å². The first-order valence-corrected chi connectivity index (χ1v) is 15.4. The molecule has 0 saturated carbocycles. The van der Waals surface area contributed by atoms with Crippen LogP contribution in [0, 0.1) is 19.8 Å². The number of likely N-dealkylation sites (tertiary alicyclic amines) is 1. The van der Waals surface area contributed by atoms with Gasteiger partial charge in [0.05, 0.1) is 38.4 Å². The van der Waals surface area contributed by atoms with Gasteiger partial charge in [-0.15, -0.1) is 0 Å². The van der Waals surface area contributed by atoms with Gasteiger partial charge in [-0.1, -0.05) is 66.2 Å². The third-order valence-corrected chi connectivity index (χ3v) is 9.86. The first-order chi connectivity index (χ1) is 19.9. The van der Waals surface area contributed by atoms with Crippen molar-refractivity contribution < 1.29 is 13.8 Å². The van der Waals surface area contributed by atoms with Gasteiger partial charge in [-0.05, 0) is 86.1 Å². The number of carbonyl (C=O) groups excluding carboxylic acids is 2. The highest BCUT2D eigenvalue weighted by atomic mass is 32.2. The van der Waals surface area contributed by atoms with Gasteiger partial charge in [0.2, 0.25) is 0 Å². The van der Waals surface area contributed by atoms with Crippen LogP contribution in [0.5, 0.6) is 0 Å². The molecule has 0 N–H and O–H groups in total. The van der Waals surface area contributed by atoms with E-state index in [0.717, 1.165) is 36.0 Å². The summed E-state index contributed by atoms with van der Waals surface area (Å²) in [6.07, 6.45) is 2.95. The summed E-state index contributed by atoms with van der Waals surface area (Å²) in [4.78, 5) is 32.4. The molecule has 2 aliphatic heterocycles. The molecule has 2 aliphatic rings. The molecule has 0 radical (unpaired) electrons. The summed E-state index contributed by atoms with van der Waals surface area (Å²) in [5.41, 5.74) is 6.03. The number of carbonyl (C=O) groups is 2. The van der Waals surface area contributed by atoms with Crippen LogP contribution in [0.4, 0.5) is 5.69 Å². The van der Waals surface area contributed by atoms with E-state index >= 15 is 0 Å². The van der Waals surface area contributed by atoms with Crippen LogP contribution in [0.2, 0.25) is 0 Å². The lowest BCUT2D eigenvalue weighted by Gasteiger charge is -2.32. The third-order valence-electron chi connectivity index (χ3n) is 8.36. The van der Waals surface area contributed by atoms with Crippen LogP contribution >= 0.6 is 0 Å². The predicted octanol–water partition coefficient (Wildman–Crippen LogP) is 6.73. The van der Waals surface area contributed by atoms with E-state index in [4.69, 9.17) is 0 Å². The number of rotatable bonds is 5. The number of hydrogen-bond acceptors (Lipinski definition) is 3. The van der Waals surface area contributed by atoms with E-state index in [1.807, 2.05) is 30.9 Å². The fourth-order valence-electron chi connectivity index (χ4n) is 5.96. The molecule has 5 nitrogen and oxygen atoms in total. The van der Waals surface area contributed by atoms with Gasteiger partial charge in [0.25, 0.3) is 11.8 Å². The Morgan fingerprint density at radius 1 is 0.854 bits per heavy atom.